The zero-order chi connectivity index (χ0) is 32.5. The largest absolute Gasteiger partial charge is 0.472 e. The van der Waals surface area contributed by atoms with Crippen molar-refractivity contribution in [3.8, 4) is 0 Å². The highest BCUT2D eigenvalue weighted by molar-refractivity contribution is 7.79. The molecular weight excluding hydrogens is 660 g/mol. The molecule has 246 valence electrons. The second kappa shape index (κ2) is 11.4. The topological polar surface area (TPSA) is 278 Å². The van der Waals surface area contributed by atoms with Crippen molar-refractivity contribution >= 4 is 57.0 Å². The molecule has 0 aromatic carbocycles. The average molecular weight is 686 g/mol. The van der Waals surface area contributed by atoms with Crippen LogP contribution in [0.25, 0.3) is 22.3 Å². The van der Waals surface area contributed by atoms with E-state index in [1.54, 1.807) is 0 Å². The molecule has 3 saturated heterocycles. The van der Waals surface area contributed by atoms with E-state index in [2.05, 4.69) is 29.9 Å². The Bertz CT molecular complexity index is 1960. The van der Waals surface area contributed by atoms with Crippen LogP contribution in [0.15, 0.2) is 23.8 Å². The maximum absolute atomic E-state index is 16.1. The molecule has 3 aliphatic heterocycles. The molecule has 10 atom stereocenters. The molecule has 3 fully saturated rings. The number of imidazole rings is 2. The minimum Gasteiger partial charge on any atom is -0.382 e. The van der Waals surface area contributed by atoms with Gasteiger partial charge in [0.25, 0.3) is 20.6 Å². The maximum atomic E-state index is 16.1. The first kappa shape index (κ1) is 31.2. The van der Waals surface area contributed by atoms with E-state index in [1.807, 2.05) is 0 Å². The van der Waals surface area contributed by atoms with Gasteiger partial charge in [-0.25, -0.2) is 28.9 Å². The number of H-pyrrole nitrogens is 1. The van der Waals surface area contributed by atoms with Gasteiger partial charge in [0.2, 0.25) is 5.95 Å². The Hall–Kier alpha value is -3.37. The fourth-order valence-corrected chi connectivity index (χ4v) is 7.74. The van der Waals surface area contributed by atoms with Crippen LogP contribution in [0.3, 0.4) is 0 Å². The van der Waals surface area contributed by atoms with Crippen molar-refractivity contribution in [1.29, 1.82) is 0 Å². The van der Waals surface area contributed by atoms with E-state index < -0.39 is 83.2 Å². The lowest BCUT2D eigenvalue weighted by molar-refractivity contribution is -0.0630. The minimum atomic E-state index is -5.03. The number of nitrogens with one attached hydrogen (secondary N) is 1. The van der Waals surface area contributed by atoms with Crippen molar-refractivity contribution in [3.05, 3.63) is 29.3 Å². The monoisotopic (exact) mass is 686 g/mol. The second-order valence-corrected chi connectivity index (χ2v) is 14.0. The number of nitrogens with zero attached hydrogens (tertiary/aromatic N) is 7. The molecule has 4 aromatic rings. The molecule has 3 aliphatic rings. The first-order valence-electron chi connectivity index (χ1n) is 13.5. The summed E-state index contributed by atoms with van der Waals surface area (Å²) in [5.41, 5.74) is 11.1. The molecule has 7 rings (SSSR count). The number of fused-ring (bicyclic) bond motifs is 5. The summed E-state index contributed by atoms with van der Waals surface area (Å²) in [6.45, 7) is -1.23. The van der Waals surface area contributed by atoms with E-state index in [0.29, 0.717) is 0 Å². The van der Waals surface area contributed by atoms with Gasteiger partial charge >= 0.3 is 7.82 Å². The summed E-state index contributed by atoms with van der Waals surface area (Å²) in [6.07, 6.45) is -7.89. The van der Waals surface area contributed by atoms with Crippen LogP contribution in [-0.2, 0) is 41.4 Å². The predicted molar refractivity (Wildman–Crippen MR) is 153 cm³/mol. The number of ether oxygens (including phenoxy) is 3. The quantitative estimate of drug-likeness (QED) is 0.147. The van der Waals surface area contributed by atoms with E-state index >= 15 is 4.39 Å². The van der Waals surface area contributed by atoms with E-state index in [1.165, 1.54) is 28.9 Å². The Morgan fingerprint density at radius 2 is 1.70 bits per heavy atom. The summed E-state index contributed by atoms with van der Waals surface area (Å²) in [7, 11) is -6.73. The number of methoxy groups -OCH3 is 1. The van der Waals surface area contributed by atoms with E-state index in [9.17, 15) is 18.8 Å². The fraction of sp³-hybridized carbons (Fsp3) is 0.524. The highest BCUT2D eigenvalue weighted by Gasteiger charge is 2.54. The number of aromatic nitrogens is 8. The number of hydrogen-bond acceptors (Lipinski definition) is 17. The highest BCUT2D eigenvalue weighted by atomic mass is 31.2. The van der Waals surface area contributed by atoms with Gasteiger partial charge in [-0.1, -0.05) is 0 Å². The van der Waals surface area contributed by atoms with Gasteiger partial charge in [-0.05, 0) is 0 Å². The standard InChI is InChI=1S/C21H26BFN10O11P2/c1-38-13-8-2-39-45(22,35)43-12-7(41-19(9(12)23)32-5-28-10-15(24)26-4-27-16(10)32)3-40-46(36,37)44-14(13)20(42-8)33-6-29-11-17(33)30-21(25)31-18(11)34/h4-9,12-14,19-20H,2-3,22H2,1H3,(H,36,37)(H2,24,26,27)(H3,25,30,31,34)/t7?,8?,9?,12?,13?,14?,19?,20?,45-/m0/s1. The molecule has 9 unspecified atom stereocenters. The SMILES string of the molecule is B[P@]1(=O)OCC2OC(n3cnc4c(=O)[nH]c(N)nc43)C(OP(=O)(O)OCC3OC(n4cnc5c(N)ncnc54)C(F)C3O1)C2OC. The number of nitrogens with two attached hydrogens (primary N) is 2. The van der Waals surface area contributed by atoms with E-state index in [-0.39, 0.29) is 34.1 Å². The van der Waals surface area contributed by atoms with Crippen LogP contribution in [-0.4, -0.2) is 109 Å². The van der Waals surface area contributed by atoms with Crippen LogP contribution in [0.4, 0.5) is 16.2 Å². The van der Waals surface area contributed by atoms with Crippen LogP contribution in [0.5, 0.6) is 0 Å². The highest BCUT2D eigenvalue weighted by Crippen LogP contribution is 2.54. The summed E-state index contributed by atoms with van der Waals surface area (Å²) in [5.74, 6) is -0.182. The maximum Gasteiger partial charge on any atom is 0.472 e. The van der Waals surface area contributed by atoms with Crippen molar-refractivity contribution < 1.29 is 50.7 Å². The van der Waals surface area contributed by atoms with Crippen LogP contribution in [0.1, 0.15) is 12.5 Å². The van der Waals surface area contributed by atoms with Gasteiger partial charge in [0.1, 0.15) is 42.4 Å². The van der Waals surface area contributed by atoms with E-state index in [4.69, 9.17) is 43.8 Å². The molecule has 7 heterocycles. The van der Waals surface area contributed by atoms with Gasteiger partial charge in [-0.2, -0.15) is 4.98 Å². The molecule has 0 saturated carbocycles. The molecule has 46 heavy (non-hydrogen) atoms. The number of alkyl halides is 1. The Morgan fingerprint density at radius 1 is 1.00 bits per heavy atom. The van der Waals surface area contributed by atoms with Crippen molar-refractivity contribution in [2.75, 3.05) is 31.8 Å². The second-order valence-electron chi connectivity index (χ2n) is 10.6. The predicted octanol–water partition coefficient (Wildman–Crippen LogP) is -1.07. The Morgan fingerprint density at radius 3 is 2.46 bits per heavy atom. The summed E-state index contributed by atoms with van der Waals surface area (Å²) < 4.78 is 85.1. The van der Waals surface area contributed by atoms with Gasteiger partial charge in [0.15, 0.2) is 41.3 Å². The minimum absolute atomic E-state index is 0.0307. The molecule has 0 aliphatic carbocycles. The van der Waals surface area contributed by atoms with Gasteiger partial charge in [-0.15, -0.1) is 0 Å². The van der Waals surface area contributed by atoms with Crippen molar-refractivity contribution in [3.63, 3.8) is 0 Å². The molecule has 0 spiro atoms. The number of halogens is 1. The smallest absolute Gasteiger partial charge is 0.382 e. The summed E-state index contributed by atoms with van der Waals surface area (Å²) in [4.78, 5) is 45.8. The van der Waals surface area contributed by atoms with Gasteiger partial charge in [-0.3, -0.25) is 32.5 Å². The Kier molecular flexibility index (Phi) is 7.75. The third-order valence-electron chi connectivity index (χ3n) is 7.65. The number of aromatic amines is 1. The number of rotatable bonds is 3. The normalized spacial score (nSPS) is 37.1. The lowest BCUT2D eigenvalue weighted by Crippen LogP contribution is -2.37. The van der Waals surface area contributed by atoms with Gasteiger partial charge in [0, 0.05) is 7.11 Å². The lowest BCUT2D eigenvalue weighted by atomic mass is 10.1. The number of nitrogen functional groups attached to an aromatic ring is 2. The zero-order valence-electron chi connectivity index (χ0n) is 23.9. The van der Waals surface area contributed by atoms with Crippen molar-refractivity contribution in [2.45, 2.75) is 49.1 Å². The van der Waals surface area contributed by atoms with Crippen molar-refractivity contribution in [1.82, 2.24) is 39.0 Å². The summed E-state index contributed by atoms with van der Waals surface area (Å²) in [5, 5.41) is 0. The van der Waals surface area contributed by atoms with Crippen LogP contribution in [0, 0.1) is 0 Å². The van der Waals surface area contributed by atoms with Gasteiger partial charge < -0.3 is 39.6 Å². The lowest BCUT2D eigenvalue weighted by Gasteiger charge is -2.26. The molecule has 4 aromatic heterocycles. The molecular formula is C21H26BFN10O11P2. The number of phosphoric ester groups is 1. The molecule has 2 bridgehead atoms. The Balaban J connectivity index is 1.22. The third kappa shape index (κ3) is 5.41. The summed E-state index contributed by atoms with van der Waals surface area (Å²) >= 11 is 0. The average Bonchev–Trinajstić information content (AvgIpc) is 3.75. The number of phosphoric acid groups is 1. The fourth-order valence-electron chi connectivity index (χ4n) is 5.64. The van der Waals surface area contributed by atoms with Crippen LogP contribution in [0.2, 0.25) is 0 Å². The van der Waals surface area contributed by atoms with Gasteiger partial charge in [0.05, 0.1) is 25.9 Å². The molecule has 0 amide bonds. The first-order chi connectivity index (χ1) is 21.9. The van der Waals surface area contributed by atoms with Crippen LogP contribution >= 0.6 is 15.3 Å². The van der Waals surface area contributed by atoms with Crippen LogP contribution < -0.4 is 17.0 Å². The Labute approximate surface area is 257 Å². The molecule has 6 N–H and O–H groups in total. The summed E-state index contributed by atoms with van der Waals surface area (Å²) in [6, 6.07) is 0. The molecule has 21 nitrogen and oxygen atoms in total. The third-order valence-corrected chi connectivity index (χ3v) is 9.88. The molecule has 0 radical (unpaired) electrons. The molecule has 25 heteroatoms. The zero-order valence-corrected chi connectivity index (χ0v) is 25.6. The number of hydrogen-bond donors (Lipinski definition) is 4. The van der Waals surface area contributed by atoms with Crippen molar-refractivity contribution in [2.24, 2.45) is 0 Å². The first-order valence-corrected chi connectivity index (χ1v) is 17.0. The number of anilines is 2. The van der Waals surface area contributed by atoms with E-state index in [0.717, 1.165) is 13.9 Å².